The minimum Gasteiger partial charge on any atom is -0.467 e. The predicted molar refractivity (Wildman–Crippen MR) is 96.6 cm³/mol. The Balaban J connectivity index is 2.13. The summed E-state index contributed by atoms with van der Waals surface area (Å²) in [7, 11) is 1.29. The number of benzene rings is 1. The molecule has 0 heterocycles. The van der Waals surface area contributed by atoms with E-state index in [-0.39, 0.29) is 18.0 Å². The van der Waals surface area contributed by atoms with E-state index in [0.29, 0.717) is 0 Å². The highest BCUT2D eigenvalue weighted by molar-refractivity contribution is 5.88. The molecule has 1 unspecified atom stereocenters. The molecular formula is C19H26N2O5. The number of nitrogens with zero attached hydrogens (tertiary/aromatic N) is 1. The molecule has 2 rings (SSSR count). The third kappa shape index (κ3) is 4.59. The molecule has 142 valence electrons. The van der Waals surface area contributed by atoms with Crippen LogP contribution >= 0.6 is 0 Å². The average molecular weight is 362 g/mol. The van der Waals surface area contributed by atoms with Crippen molar-refractivity contribution in [3.05, 3.63) is 39.9 Å². The van der Waals surface area contributed by atoms with Gasteiger partial charge in [0.05, 0.1) is 12.0 Å². The van der Waals surface area contributed by atoms with Gasteiger partial charge in [-0.3, -0.25) is 14.9 Å². The Morgan fingerprint density at radius 3 is 2.38 bits per heavy atom. The van der Waals surface area contributed by atoms with Gasteiger partial charge in [-0.2, -0.15) is 0 Å². The van der Waals surface area contributed by atoms with Crippen molar-refractivity contribution in [2.24, 2.45) is 5.41 Å². The highest BCUT2D eigenvalue weighted by Crippen LogP contribution is 2.42. The van der Waals surface area contributed by atoms with Crippen LogP contribution in [0.15, 0.2) is 24.3 Å². The number of methoxy groups -OCH3 is 1. The van der Waals surface area contributed by atoms with Crippen molar-refractivity contribution in [2.45, 2.75) is 57.9 Å². The molecule has 1 fully saturated rings. The first-order valence-electron chi connectivity index (χ1n) is 9.04. The summed E-state index contributed by atoms with van der Waals surface area (Å²) >= 11 is 0. The predicted octanol–water partition coefficient (Wildman–Crippen LogP) is 3.16. The molecule has 1 amide bonds. The van der Waals surface area contributed by atoms with Crippen molar-refractivity contribution in [3.63, 3.8) is 0 Å². The number of hydrogen-bond donors (Lipinski definition) is 1. The number of nitro benzene ring substituents is 1. The van der Waals surface area contributed by atoms with Gasteiger partial charge in [-0.25, -0.2) is 4.79 Å². The van der Waals surface area contributed by atoms with Crippen LogP contribution in [-0.4, -0.2) is 30.0 Å². The van der Waals surface area contributed by atoms with Crippen molar-refractivity contribution in [3.8, 4) is 0 Å². The summed E-state index contributed by atoms with van der Waals surface area (Å²) in [4.78, 5) is 35.4. The molecule has 0 radical (unpaired) electrons. The number of hydrogen-bond acceptors (Lipinski definition) is 5. The first kappa shape index (κ1) is 19.9. The highest BCUT2D eigenvalue weighted by Gasteiger charge is 2.41. The van der Waals surface area contributed by atoms with Crippen molar-refractivity contribution in [1.82, 2.24) is 5.32 Å². The molecule has 1 aliphatic carbocycles. The Hall–Kier alpha value is -2.44. The molecule has 1 aromatic carbocycles. The monoisotopic (exact) mass is 362 g/mol. The fraction of sp³-hybridized carbons (Fsp3) is 0.579. The van der Waals surface area contributed by atoms with Gasteiger partial charge in [0.2, 0.25) is 5.91 Å². The Morgan fingerprint density at radius 2 is 1.88 bits per heavy atom. The number of esters is 1. The lowest BCUT2D eigenvalue weighted by Crippen LogP contribution is -2.49. The standard InChI is InChI=1S/C19H26N2O5/c1-3-10-19(11-4-5-12-19)18(23)20-16(17(22)26-2)13-14-6-8-15(9-7-14)21(24)25/h6-9,16H,3-5,10-13H2,1-2H3,(H,20,23). The molecule has 1 atom stereocenters. The van der Waals surface area contributed by atoms with Crippen LogP contribution in [0.1, 0.15) is 51.0 Å². The van der Waals surface area contributed by atoms with E-state index in [1.165, 1.54) is 19.2 Å². The quantitative estimate of drug-likeness (QED) is 0.435. The normalized spacial score (nSPS) is 16.7. The topological polar surface area (TPSA) is 98.5 Å². The first-order chi connectivity index (χ1) is 12.4. The number of nitro groups is 1. The van der Waals surface area contributed by atoms with E-state index in [0.717, 1.165) is 44.1 Å². The summed E-state index contributed by atoms with van der Waals surface area (Å²) < 4.78 is 4.84. The van der Waals surface area contributed by atoms with Gasteiger partial charge in [-0.05, 0) is 24.8 Å². The zero-order chi connectivity index (χ0) is 19.2. The zero-order valence-corrected chi connectivity index (χ0v) is 15.3. The van der Waals surface area contributed by atoms with Gasteiger partial charge in [0.1, 0.15) is 6.04 Å². The maximum atomic E-state index is 12.9. The fourth-order valence-corrected chi connectivity index (χ4v) is 3.76. The summed E-state index contributed by atoms with van der Waals surface area (Å²) in [6.07, 6.45) is 5.70. The maximum Gasteiger partial charge on any atom is 0.328 e. The molecule has 1 aromatic rings. The number of non-ortho nitro benzene ring substituents is 1. The van der Waals surface area contributed by atoms with Crippen LogP contribution in [0.2, 0.25) is 0 Å². The van der Waals surface area contributed by atoms with E-state index >= 15 is 0 Å². The van der Waals surface area contributed by atoms with Gasteiger partial charge >= 0.3 is 5.97 Å². The minimum atomic E-state index is -0.803. The molecule has 26 heavy (non-hydrogen) atoms. The van der Waals surface area contributed by atoms with Crippen LogP contribution < -0.4 is 5.32 Å². The summed E-state index contributed by atoms with van der Waals surface area (Å²) in [5.41, 5.74) is 0.318. The van der Waals surface area contributed by atoms with E-state index in [1.54, 1.807) is 12.1 Å². The Morgan fingerprint density at radius 1 is 1.27 bits per heavy atom. The molecular weight excluding hydrogens is 336 g/mol. The van der Waals surface area contributed by atoms with Crippen LogP contribution in [0.5, 0.6) is 0 Å². The molecule has 7 nitrogen and oxygen atoms in total. The third-order valence-electron chi connectivity index (χ3n) is 5.15. The summed E-state index contributed by atoms with van der Waals surface area (Å²) in [6, 6.07) is 5.17. The van der Waals surface area contributed by atoms with Gasteiger partial charge in [0.25, 0.3) is 5.69 Å². The van der Waals surface area contributed by atoms with E-state index in [1.807, 2.05) is 0 Å². The molecule has 1 aliphatic rings. The SMILES string of the molecule is CCCC1(C(=O)NC(Cc2ccc([N+](=O)[O-])cc2)C(=O)OC)CCCC1. The smallest absolute Gasteiger partial charge is 0.328 e. The van der Waals surface area contributed by atoms with E-state index in [2.05, 4.69) is 12.2 Å². The van der Waals surface area contributed by atoms with Gasteiger partial charge < -0.3 is 10.1 Å². The maximum absolute atomic E-state index is 12.9. The fourth-order valence-electron chi connectivity index (χ4n) is 3.76. The largest absolute Gasteiger partial charge is 0.467 e. The van der Waals surface area contributed by atoms with Crippen LogP contribution in [0.25, 0.3) is 0 Å². The molecule has 0 aromatic heterocycles. The highest BCUT2D eigenvalue weighted by atomic mass is 16.6. The molecule has 0 aliphatic heterocycles. The van der Waals surface area contributed by atoms with E-state index < -0.39 is 22.3 Å². The third-order valence-corrected chi connectivity index (χ3v) is 5.15. The lowest BCUT2D eigenvalue weighted by molar-refractivity contribution is -0.384. The summed E-state index contributed by atoms with van der Waals surface area (Å²) in [6.45, 7) is 2.06. The van der Waals surface area contributed by atoms with Gasteiger partial charge in [0.15, 0.2) is 0 Å². The molecule has 0 saturated heterocycles. The van der Waals surface area contributed by atoms with Crippen LogP contribution in [0.3, 0.4) is 0 Å². The van der Waals surface area contributed by atoms with Gasteiger partial charge in [-0.15, -0.1) is 0 Å². The van der Waals surface area contributed by atoms with E-state index in [9.17, 15) is 19.7 Å². The second-order valence-corrected chi connectivity index (χ2v) is 6.91. The second kappa shape index (κ2) is 8.78. The molecule has 7 heteroatoms. The molecule has 1 N–H and O–H groups in total. The Bertz CT molecular complexity index is 650. The number of carbonyl (C=O) groups excluding carboxylic acids is 2. The van der Waals surface area contributed by atoms with Crippen molar-refractivity contribution >= 4 is 17.6 Å². The minimum absolute atomic E-state index is 0.0137. The lowest BCUT2D eigenvalue weighted by atomic mass is 9.80. The lowest BCUT2D eigenvalue weighted by Gasteiger charge is -2.29. The van der Waals surface area contributed by atoms with Crippen LogP contribution in [0, 0.1) is 15.5 Å². The Labute approximate surface area is 153 Å². The molecule has 1 saturated carbocycles. The molecule has 0 bridgehead atoms. The van der Waals surface area contributed by atoms with Gasteiger partial charge in [-0.1, -0.05) is 38.3 Å². The summed E-state index contributed by atoms with van der Waals surface area (Å²) in [5.74, 6) is -0.601. The van der Waals surface area contributed by atoms with Crippen molar-refractivity contribution in [2.75, 3.05) is 7.11 Å². The van der Waals surface area contributed by atoms with Crippen molar-refractivity contribution in [1.29, 1.82) is 0 Å². The number of carbonyl (C=O) groups is 2. The second-order valence-electron chi connectivity index (χ2n) is 6.91. The number of nitrogens with one attached hydrogen (secondary N) is 1. The van der Waals surface area contributed by atoms with E-state index in [4.69, 9.17) is 4.74 Å². The first-order valence-corrected chi connectivity index (χ1v) is 9.04. The van der Waals surface area contributed by atoms with Gasteiger partial charge in [0, 0.05) is 24.0 Å². The average Bonchev–Trinajstić information content (AvgIpc) is 3.11. The number of amides is 1. The summed E-state index contributed by atoms with van der Waals surface area (Å²) in [5, 5.41) is 13.6. The van der Waals surface area contributed by atoms with Crippen molar-refractivity contribution < 1.29 is 19.2 Å². The number of ether oxygens (including phenoxy) is 1. The number of rotatable bonds is 8. The molecule has 0 spiro atoms. The zero-order valence-electron chi connectivity index (χ0n) is 15.3. The van der Waals surface area contributed by atoms with Crippen LogP contribution in [0.4, 0.5) is 5.69 Å². The van der Waals surface area contributed by atoms with Crippen LogP contribution in [-0.2, 0) is 20.7 Å². The Kier molecular flexibility index (Phi) is 6.71.